The zero-order valence-corrected chi connectivity index (χ0v) is 13.8. The Morgan fingerprint density at radius 3 is 2.67 bits per heavy atom. The van der Waals surface area contributed by atoms with E-state index < -0.39 is 14.9 Å². The third kappa shape index (κ3) is 2.98. The van der Waals surface area contributed by atoms with Gasteiger partial charge in [-0.2, -0.15) is 0 Å². The van der Waals surface area contributed by atoms with Gasteiger partial charge in [-0.15, -0.1) is 0 Å². The van der Waals surface area contributed by atoms with Crippen molar-refractivity contribution in [2.75, 3.05) is 5.32 Å². The first kappa shape index (κ1) is 16.4. The van der Waals surface area contributed by atoms with Crippen LogP contribution in [-0.4, -0.2) is 13.3 Å². The zero-order chi connectivity index (χ0) is 17.5. The summed E-state index contributed by atoms with van der Waals surface area (Å²) in [7, 11) is -4.09. The topological polar surface area (TPSA) is 115 Å². The SMILES string of the molecule is Cc1cc(N[C@@H]2CCc3ccccc32)c(S(N)(=O)=O)cc1[N+](=O)[O-]. The highest BCUT2D eigenvalue weighted by Crippen LogP contribution is 2.37. The molecule has 0 unspecified atom stereocenters. The molecule has 0 spiro atoms. The maximum atomic E-state index is 11.9. The van der Waals surface area contributed by atoms with Crippen LogP contribution < -0.4 is 10.5 Å². The summed E-state index contributed by atoms with van der Waals surface area (Å²) in [6, 6.07) is 10.4. The fourth-order valence-electron chi connectivity index (χ4n) is 3.12. The van der Waals surface area contributed by atoms with E-state index in [0.717, 1.165) is 24.5 Å². The highest BCUT2D eigenvalue weighted by atomic mass is 32.2. The third-order valence-corrected chi connectivity index (χ3v) is 5.21. The van der Waals surface area contributed by atoms with Gasteiger partial charge in [0.25, 0.3) is 5.69 Å². The van der Waals surface area contributed by atoms with E-state index in [1.54, 1.807) is 6.92 Å². The van der Waals surface area contributed by atoms with E-state index in [9.17, 15) is 18.5 Å². The molecule has 0 bridgehead atoms. The fraction of sp³-hybridized carbons (Fsp3) is 0.250. The van der Waals surface area contributed by atoms with Crippen molar-refractivity contribution < 1.29 is 13.3 Å². The minimum atomic E-state index is -4.09. The van der Waals surface area contributed by atoms with E-state index in [1.807, 2.05) is 24.3 Å². The Labute approximate surface area is 139 Å². The van der Waals surface area contributed by atoms with Gasteiger partial charge in [0, 0.05) is 11.6 Å². The number of nitro benzene ring substituents is 1. The molecule has 0 saturated heterocycles. The third-order valence-electron chi connectivity index (χ3n) is 4.26. The van der Waals surface area contributed by atoms with Crippen molar-refractivity contribution >= 4 is 21.4 Å². The van der Waals surface area contributed by atoms with E-state index in [1.165, 1.54) is 11.6 Å². The number of anilines is 1. The summed E-state index contributed by atoms with van der Waals surface area (Å²) < 4.78 is 23.7. The molecule has 1 aliphatic carbocycles. The minimum Gasteiger partial charge on any atom is -0.377 e. The van der Waals surface area contributed by atoms with E-state index in [4.69, 9.17) is 5.14 Å². The normalized spacial score (nSPS) is 16.7. The van der Waals surface area contributed by atoms with Crippen LogP contribution in [-0.2, 0) is 16.4 Å². The first-order valence-corrected chi connectivity index (χ1v) is 8.98. The summed E-state index contributed by atoms with van der Waals surface area (Å²) in [5.41, 5.74) is 2.72. The van der Waals surface area contributed by atoms with Crippen LogP contribution in [0.3, 0.4) is 0 Å². The van der Waals surface area contributed by atoms with Gasteiger partial charge in [-0.1, -0.05) is 24.3 Å². The van der Waals surface area contributed by atoms with Gasteiger partial charge in [0.15, 0.2) is 0 Å². The van der Waals surface area contributed by atoms with Crippen molar-refractivity contribution in [2.24, 2.45) is 5.14 Å². The van der Waals surface area contributed by atoms with Gasteiger partial charge in [-0.3, -0.25) is 10.1 Å². The first-order valence-electron chi connectivity index (χ1n) is 7.43. The molecule has 0 aliphatic heterocycles. The molecule has 1 aliphatic rings. The van der Waals surface area contributed by atoms with E-state index in [-0.39, 0.29) is 16.6 Å². The number of nitro groups is 1. The molecule has 1 atom stereocenters. The van der Waals surface area contributed by atoms with Crippen molar-refractivity contribution in [3.63, 3.8) is 0 Å². The maximum absolute atomic E-state index is 11.9. The number of benzene rings is 2. The quantitative estimate of drug-likeness (QED) is 0.651. The highest BCUT2D eigenvalue weighted by molar-refractivity contribution is 7.89. The molecule has 2 aromatic carbocycles. The molecule has 126 valence electrons. The van der Waals surface area contributed by atoms with Gasteiger partial charge >= 0.3 is 0 Å². The number of hydrogen-bond donors (Lipinski definition) is 2. The highest BCUT2D eigenvalue weighted by Gasteiger charge is 2.26. The standard InChI is InChI=1S/C16H17N3O4S/c1-10-8-14(16(24(17,22)23)9-15(10)19(20)21)18-13-7-6-11-4-2-3-5-12(11)13/h2-5,8-9,13,18H,6-7H2,1H3,(H2,17,22,23)/t13-/m1/s1. The molecule has 0 fully saturated rings. The number of aryl methyl sites for hydroxylation is 2. The number of fused-ring (bicyclic) bond motifs is 1. The zero-order valence-electron chi connectivity index (χ0n) is 13.0. The van der Waals surface area contributed by atoms with Crippen LogP contribution >= 0.6 is 0 Å². The van der Waals surface area contributed by atoms with Gasteiger partial charge in [-0.25, -0.2) is 13.6 Å². The van der Waals surface area contributed by atoms with Crippen LogP contribution in [0.5, 0.6) is 0 Å². The Morgan fingerprint density at radius 1 is 1.29 bits per heavy atom. The molecule has 0 aromatic heterocycles. The lowest BCUT2D eigenvalue weighted by Crippen LogP contribution is -2.17. The van der Waals surface area contributed by atoms with Crippen LogP contribution in [0, 0.1) is 17.0 Å². The molecule has 3 rings (SSSR count). The van der Waals surface area contributed by atoms with Gasteiger partial charge in [-0.05, 0) is 37.0 Å². The Balaban J connectivity index is 2.05. The number of rotatable bonds is 4. The molecule has 0 amide bonds. The van der Waals surface area contributed by atoms with Crippen molar-refractivity contribution in [1.29, 1.82) is 0 Å². The van der Waals surface area contributed by atoms with Crippen molar-refractivity contribution in [3.8, 4) is 0 Å². The number of sulfonamides is 1. The molecular weight excluding hydrogens is 330 g/mol. The summed E-state index contributed by atoms with van der Waals surface area (Å²) in [5, 5.41) is 19.5. The molecule has 24 heavy (non-hydrogen) atoms. The molecule has 7 nitrogen and oxygen atoms in total. The lowest BCUT2D eigenvalue weighted by Gasteiger charge is -2.18. The number of hydrogen-bond acceptors (Lipinski definition) is 5. The van der Waals surface area contributed by atoms with E-state index in [0.29, 0.717) is 11.3 Å². The molecule has 2 aromatic rings. The average molecular weight is 347 g/mol. The van der Waals surface area contributed by atoms with Gasteiger partial charge in [0.2, 0.25) is 10.0 Å². The largest absolute Gasteiger partial charge is 0.377 e. The second kappa shape index (κ2) is 5.88. The monoisotopic (exact) mass is 347 g/mol. The summed E-state index contributed by atoms with van der Waals surface area (Å²) >= 11 is 0. The fourth-order valence-corrected chi connectivity index (χ4v) is 3.82. The lowest BCUT2D eigenvalue weighted by atomic mass is 10.1. The smallest absolute Gasteiger partial charge is 0.273 e. The van der Waals surface area contributed by atoms with E-state index >= 15 is 0 Å². The summed E-state index contributed by atoms with van der Waals surface area (Å²) in [6.07, 6.45) is 1.71. The Hall–Kier alpha value is -2.45. The number of primary sulfonamides is 1. The molecule has 3 N–H and O–H groups in total. The Bertz CT molecular complexity index is 925. The van der Waals surface area contributed by atoms with Crippen LogP contribution in [0.25, 0.3) is 0 Å². The molecule has 0 radical (unpaired) electrons. The summed E-state index contributed by atoms with van der Waals surface area (Å²) in [5.74, 6) is 0. The molecule has 8 heteroatoms. The van der Waals surface area contributed by atoms with Gasteiger partial charge < -0.3 is 5.32 Å². The van der Waals surface area contributed by atoms with Gasteiger partial charge in [0.1, 0.15) is 4.90 Å². The summed E-state index contributed by atoms with van der Waals surface area (Å²) in [4.78, 5) is 10.2. The molecular formula is C16H17N3O4S. The number of nitrogens with two attached hydrogens (primary N) is 1. The van der Waals surface area contributed by atoms with Crippen molar-refractivity contribution in [1.82, 2.24) is 0 Å². The van der Waals surface area contributed by atoms with Crippen LogP contribution in [0.2, 0.25) is 0 Å². The number of nitrogens with one attached hydrogen (secondary N) is 1. The predicted molar refractivity (Wildman–Crippen MR) is 90.3 cm³/mol. The average Bonchev–Trinajstić information content (AvgIpc) is 2.89. The molecule has 0 saturated carbocycles. The molecule has 0 heterocycles. The minimum absolute atomic E-state index is 0.0532. The number of nitrogens with zero attached hydrogens (tertiary/aromatic N) is 1. The van der Waals surface area contributed by atoms with Crippen molar-refractivity contribution in [2.45, 2.75) is 30.7 Å². The second-order valence-corrected chi connectivity index (χ2v) is 7.40. The summed E-state index contributed by atoms with van der Waals surface area (Å²) in [6.45, 7) is 1.57. The van der Waals surface area contributed by atoms with Crippen LogP contribution in [0.15, 0.2) is 41.3 Å². The second-order valence-electron chi connectivity index (χ2n) is 5.87. The van der Waals surface area contributed by atoms with Crippen LogP contribution in [0.4, 0.5) is 11.4 Å². The lowest BCUT2D eigenvalue weighted by molar-refractivity contribution is -0.385. The Morgan fingerprint density at radius 2 is 2.00 bits per heavy atom. The van der Waals surface area contributed by atoms with Crippen molar-refractivity contribution in [3.05, 3.63) is 63.2 Å². The Kier molecular flexibility index (Phi) is 4.02. The van der Waals surface area contributed by atoms with Crippen LogP contribution in [0.1, 0.15) is 29.2 Å². The predicted octanol–water partition coefficient (Wildman–Crippen LogP) is 2.65. The van der Waals surface area contributed by atoms with Gasteiger partial charge in [0.05, 0.1) is 16.7 Å². The van der Waals surface area contributed by atoms with E-state index in [2.05, 4.69) is 5.32 Å². The maximum Gasteiger partial charge on any atom is 0.273 e. The first-order chi connectivity index (χ1) is 11.3.